The molecule has 0 atom stereocenters. The molecule has 1 aromatic heterocycles. The fraction of sp³-hybridized carbons (Fsp3) is 0.167. The summed E-state index contributed by atoms with van der Waals surface area (Å²) in [6, 6.07) is 21.3. The maximum Gasteiger partial charge on any atom is 0.210 e. The van der Waals surface area contributed by atoms with E-state index in [1.54, 1.807) is 0 Å². The van der Waals surface area contributed by atoms with Gasteiger partial charge in [0.05, 0.1) is 0 Å². The second kappa shape index (κ2) is 4.85. The van der Waals surface area contributed by atoms with Gasteiger partial charge in [-0.15, -0.1) is 0 Å². The molecule has 0 spiro atoms. The van der Waals surface area contributed by atoms with E-state index in [0.29, 0.717) is 5.92 Å². The van der Waals surface area contributed by atoms with Crippen molar-refractivity contribution in [2.45, 2.75) is 19.8 Å². The van der Waals surface area contributed by atoms with Crippen LogP contribution in [-0.2, 0) is 0 Å². The largest absolute Gasteiger partial charge is 0.210 e. The number of hydrogen-bond donors (Lipinski definition) is 0. The van der Waals surface area contributed by atoms with E-state index in [2.05, 4.69) is 85.3 Å². The zero-order valence-corrected chi connectivity index (χ0v) is 11.4. The average molecular weight is 248 g/mol. The first kappa shape index (κ1) is 11.9. The van der Waals surface area contributed by atoms with Crippen LogP contribution in [0.25, 0.3) is 16.5 Å². The van der Waals surface area contributed by atoms with Crippen molar-refractivity contribution >= 4 is 10.8 Å². The molecule has 0 radical (unpaired) electrons. The fourth-order valence-electron chi connectivity index (χ4n) is 2.64. The lowest BCUT2D eigenvalue weighted by atomic mass is 10.0. The molecule has 0 aliphatic rings. The highest BCUT2D eigenvalue weighted by Crippen LogP contribution is 2.22. The highest BCUT2D eigenvalue weighted by molar-refractivity contribution is 5.83. The second-order valence-corrected chi connectivity index (χ2v) is 5.15. The normalized spacial score (nSPS) is 11.1. The average Bonchev–Trinajstić information content (AvgIpc) is 2.46. The molecule has 0 saturated heterocycles. The van der Waals surface area contributed by atoms with E-state index >= 15 is 0 Å². The monoisotopic (exact) mass is 248 g/mol. The Labute approximate surface area is 114 Å². The summed E-state index contributed by atoms with van der Waals surface area (Å²) in [6.07, 6.45) is 2.17. The van der Waals surface area contributed by atoms with Crippen LogP contribution in [0, 0.1) is 0 Å². The van der Waals surface area contributed by atoms with E-state index in [1.807, 2.05) is 0 Å². The minimum absolute atomic E-state index is 0.478. The van der Waals surface area contributed by atoms with Gasteiger partial charge >= 0.3 is 0 Å². The number of aromatic nitrogens is 1. The zero-order chi connectivity index (χ0) is 13.2. The van der Waals surface area contributed by atoms with Crippen molar-refractivity contribution in [3.05, 3.63) is 72.6 Å². The Kier molecular flexibility index (Phi) is 3.04. The maximum absolute atomic E-state index is 2.30. The Hall–Kier alpha value is -2.15. The predicted octanol–water partition coefficient (Wildman–Crippen LogP) is 4.24. The molecule has 2 aromatic carbocycles. The van der Waals surface area contributed by atoms with Crippen LogP contribution in [0.5, 0.6) is 0 Å². The molecule has 0 unspecified atom stereocenters. The maximum atomic E-state index is 2.30. The number of rotatable bonds is 2. The predicted molar refractivity (Wildman–Crippen MR) is 79.6 cm³/mol. The molecule has 0 saturated carbocycles. The van der Waals surface area contributed by atoms with E-state index in [0.717, 1.165) is 0 Å². The van der Waals surface area contributed by atoms with Gasteiger partial charge in [-0.05, 0) is 11.5 Å². The molecule has 3 aromatic rings. The Bertz CT molecular complexity index is 699. The van der Waals surface area contributed by atoms with Gasteiger partial charge in [-0.2, -0.15) is 4.57 Å². The summed E-state index contributed by atoms with van der Waals surface area (Å²) in [4.78, 5) is 0. The first-order valence-corrected chi connectivity index (χ1v) is 6.76. The van der Waals surface area contributed by atoms with Crippen LogP contribution in [0.2, 0.25) is 0 Å². The van der Waals surface area contributed by atoms with Crippen molar-refractivity contribution in [3.8, 4) is 5.69 Å². The minimum Gasteiger partial charge on any atom is -0.164 e. The highest BCUT2D eigenvalue weighted by atomic mass is 15.0. The van der Waals surface area contributed by atoms with E-state index in [-0.39, 0.29) is 0 Å². The van der Waals surface area contributed by atoms with Gasteiger partial charge in [0.25, 0.3) is 0 Å². The number of benzene rings is 2. The SMILES string of the molecule is CC(C)c1c2ccccc2cc[n+]1-c1ccccc1. The number of fused-ring (bicyclic) bond motifs is 1. The van der Waals surface area contributed by atoms with Crippen LogP contribution in [0.4, 0.5) is 0 Å². The van der Waals surface area contributed by atoms with Gasteiger partial charge in [-0.3, -0.25) is 0 Å². The molecule has 3 rings (SSSR count). The number of para-hydroxylation sites is 1. The summed E-state index contributed by atoms with van der Waals surface area (Å²) in [5.74, 6) is 0.478. The van der Waals surface area contributed by atoms with Crippen LogP contribution in [0.15, 0.2) is 66.9 Å². The molecule has 0 aliphatic carbocycles. The van der Waals surface area contributed by atoms with Gasteiger partial charge in [0.2, 0.25) is 5.69 Å². The van der Waals surface area contributed by atoms with Crippen molar-refractivity contribution in [2.75, 3.05) is 0 Å². The van der Waals surface area contributed by atoms with Gasteiger partial charge < -0.3 is 0 Å². The third kappa shape index (κ3) is 2.12. The van der Waals surface area contributed by atoms with E-state index < -0.39 is 0 Å². The van der Waals surface area contributed by atoms with Crippen LogP contribution >= 0.6 is 0 Å². The van der Waals surface area contributed by atoms with Crippen molar-refractivity contribution in [1.82, 2.24) is 0 Å². The summed E-state index contributed by atoms with van der Waals surface area (Å²) in [5, 5.41) is 2.64. The molecule has 1 nitrogen and oxygen atoms in total. The van der Waals surface area contributed by atoms with Gasteiger partial charge in [0.1, 0.15) is 0 Å². The molecule has 0 aliphatic heterocycles. The molecule has 1 heteroatoms. The Morgan fingerprint density at radius 2 is 1.47 bits per heavy atom. The molecule has 0 bridgehead atoms. The van der Waals surface area contributed by atoms with Crippen molar-refractivity contribution in [1.29, 1.82) is 0 Å². The summed E-state index contributed by atoms with van der Waals surface area (Å²) in [7, 11) is 0. The fourth-order valence-corrected chi connectivity index (χ4v) is 2.64. The van der Waals surface area contributed by atoms with Gasteiger partial charge in [0, 0.05) is 29.5 Å². The summed E-state index contributed by atoms with van der Waals surface area (Å²) >= 11 is 0. The Morgan fingerprint density at radius 3 is 2.21 bits per heavy atom. The number of hydrogen-bond acceptors (Lipinski definition) is 0. The Morgan fingerprint density at radius 1 is 0.789 bits per heavy atom. The third-order valence-electron chi connectivity index (χ3n) is 3.48. The first-order chi connectivity index (χ1) is 9.27. The lowest BCUT2D eigenvalue weighted by Crippen LogP contribution is -2.36. The summed E-state index contributed by atoms with van der Waals surface area (Å²) < 4.78 is 2.30. The van der Waals surface area contributed by atoms with E-state index in [4.69, 9.17) is 0 Å². The van der Waals surface area contributed by atoms with Crippen molar-refractivity contribution in [3.63, 3.8) is 0 Å². The molecule has 0 fully saturated rings. The summed E-state index contributed by atoms with van der Waals surface area (Å²) in [6.45, 7) is 4.50. The van der Waals surface area contributed by atoms with E-state index in [1.165, 1.54) is 22.2 Å². The highest BCUT2D eigenvalue weighted by Gasteiger charge is 2.19. The zero-order valence-electron chi connectivity index (χ0n) is 11.4. The van der Waals surface area contributed by atoms with E-state index in [9.17, 15) is 0 Å². The van der Waals surface area contributed by atoms with Gasteiger partial charge in [0.15, 0.2) is 11.9 Å². The van der Waals surface area contributed by atoms with Crippen molar-refractivity contribution in [2.24, 2.45) is 0 Å². The van der Waals surface area contributed by atoms with Crippen LogP contribution in [-0.4, -0.2) is 0 Å². The molecular formula is C18H18N+. The molecular weight excluding hydrogens is 230 g/mol. The lowest BCUT2D eigenvalue weighted by Gasteiger charge is -2.09. The topological polar surface area (TPSA) is 3.88 Å². The molecule has 0 N–H and O–H groups in total. The molecule has 19 heavy (non-hydrogen) atoms. The summed E-state index contributed by atoms with van der Waals surface area (Å²) in [5.41, 5.74) is 2.58. The second-order valence-electron chi connectivity index (χ2n) is 5.15. The standard InChI is InChI=1S/C18H18N/c1-14(2)18-17-11-7-6-8-15(17)12-13-19(18)16-9-4-3-5-10-16/h3-14H,1-2H3/q+1. The van der Waals surface area contributed by atoms with Crippen LogP contribution in [0.1, 0.15) is 25.5 Å². The Balaban J connectivity index is 2.34. The minimum atomic E-state index is 0.478. The van der Waals surface area contributed by atoms with Crippen LogP contribution in [0.3, 0.4) is 0 Å². The van der Waals surface area contributed by atoms with Crippen LogP contribution < -0.4 is 4.57 Å². The van der Waals surface area contributed by atoms with Crippen molar-refractivity contribution < 1.29 is 4.57 Å². The van der Waals surface area contributed by atoms with Gasteiger partial charge in [-0.1, -0.05) is 50.2 Å². The van der Waals surface area contributed by atoms with Gasteiger partial charge in [-0.25, -0.2) is 0 Å². The quantitative estimate of drug-likeness (QED) is 0.597. The number of pyridine rings is 1. The number of nitrogens with zero attached hydrogens (tertiary/aromatic N) is 1. The lowest BCUT2D eigenvalue weighted by molar-refractivity contribution is -0.604. The molecule has 0 amide bonds. The molecule has 1 heterocycles. The third-order valence-corrected chi connectivity index (χ3v) is 3.48. The smallest absolute Gasteiger partial charge is 0.164 e. The molecule has 94 valence electrons. The first-order valence-electron chi connectivity index (χ1n) is 6.76.